The lowest BCUT2D eigenvalue weighted by atomic mass is 9.98. The summed E-state index contributed by atoms with van der Waals surface area (Å²) >= 11 is 0. The summed E-state index contributed by atoms with van der Waals surface area (Å²) in [5.74, 6) is 0.692. The molecule has 108 valence electrons. The molecule has 0 radical (unpaired) electrons. The second-order valence-corrected chi connectivity index (χ2v) is 5.23. The fourth-order valence-electron chi connectivity index (χ4n) is 2.69. The number of hydrogen-bond acceptors (Lipinski definition) is 3. The quantitative estimate of drug-likeness (QED) is 0.803. The Morgan fingerprint density at radius 1 is 1.24 bits per heavy atom. The van der Waals surface area contributed by atoms with Gasteiger partial charge in [-0.05, 0) is 43.2 Å². The summed E-state index contributed by atoms with van der Waals surface area (Å²) < 4.78 is 7.33. The molecule has 0 saturated heterocycles. The molecule has 0 aliphatic heterocycles. The summed E-state index contributed by atoms with van der Waals surface area (Å²) in [7, 11) is 1.62. The summed E-state index contributed by atoms with van der Waals surface area (Å²) in [6.07, 6.45) is 2.96. The van der Waals surface area contributed by atoms with Crippen molar-refractivity contribution in [3.63, 3.8) is 0 Å². The Morgan fingerprint density at radius 3 is 2.76 bits per heavy atom. The molecule has 4 heteroatoms. The Hall–Kier alpha value is -2.33. The molecule has 1 atom stereocenters. The first-order valence-electron chi connectivity index (χ1n) is 6.87. The van der Waals surface area contributed by atoms with Gasteiger partial charge in [0.05, 0.1) is 12.8 Å². The van der Waals surface area contributed by atoms with Gasteiger partial charge in [-0.25, -0.2) is 4.98 Å². The number of aryl methyl sites for hydroxylation is 2. The van der Waals surface area contributed by atoms with Crippen molar-refractivity contribution in [1.82, 2.24) is 9.38 Å². The van der Waals surface area contributed by atoms with Gasteiger partial charge in [-0.1, -0.05) is 12.1 Å². The largest absolute Gasteiger partial charge is 0.496 e. The molecule has 1 aromatic carbocycles. The molecule has 2 heterocycles. The van der Waals surface area contributed by atoms with Crippen LogP contribution in [0.4, 0.5) is 0 Å². The van der Waals surface area contributed by atoms with Gasteiger partial charge in [0.25, 0.3) is 0 Å². The van der Waals surface area contributed by atoms with E-state index in [1.807, 2.05) is 61.0 Å². The van der Waals surface area contributed by atoms with E-state index in [4.69, 9.17) is 4.74 Å². The number of methoxy groups -OCH3 is 1. The first kappa shape index (κ1) is 13.6. The van der Waals surface area contributed by atoms with Crippen molar-refractivity contribution in [3.05, 3.63) is 65.1 Å². The summed E-state index contributed by atoms with van der Waals surface area (Å²) in [6, 6.07) is 9.74. The molecule has 0 fully saturated rings. The average molecular weight is 282 g/mol. The fourth-order valence-corrected chi connectivity index (χ4v) is 2.69. The molecule has 1 N–H and O–H groups in total. The molecular formula is C17H18N2O2. The number of rotatable bonds is 3. The number of aliphatic hydroxyl groups is 1. The molecule has 0 bridgehead atoms. The number of pyridine rings is 1. The van der Waals surface area contributed by atoms with E-state index in [9.17, 15) is 5.11 Å². The van der Waals surface area contributed by atoms with Crippen LogP contribution in [-0.4, -0.2) is 21.6 Å². The maximum Gasteiger partial charge on any atom is 0.137 e. The van der Waals surface area contributed by atoms with Gasteiger partial charge in [-0.15, -0.1) is 0 Å². The highest BCUT2D eigenvalue weighted by Crippen LogP contribution is 2.33. The van der Waals surface area contributed by atoms with E-state index >= 15 is 0 Å². The normalized spacial score (nSPS) is 12.6. The zero-order chi connectivity index (χ0) is 15.0. The third kappa shape index (κ3) is 2.38. The highest BCUT2D eigenvalue weighted by Gasteiger charge is 2.21. The zero-order valence-corrected chi connectivity index (χ0v) is 12.4. The second kappa shape index (κ2) is 5.22. The molecule has 3 rings (SSSR count). The molecule has 0 saturated carbocycles. The Kier molecular flexibility index (Phi) is 3.39. The maximum atomic E-state index is 10.7. The number of aromatic nitrogens is 2. The van der Waals surface area contributed by atoms with E-state index in [1.54, 1.807) is 7.11 Å². The summed E-state index contributed by atoms with van der Waals surface area (Å²) in [6.45, 7) is 3.99. The van der Waals surface area contributed by atoms with Crippen LogP contribution in [-0.2, 0) is 0 Å². The first-order chi connectivity index (χ1) is 10.1. The number of ether oxygens (including phenoxy) is 1. The smallest absolute Gasteiger partial charge is 0.137 e. The molecule has 0 amide bonds. The minimum Gasteiger partial charge on any atom is -0.496 e. The van der Waals surface area contributed by atoms with Crippen molar-refractivity contribution in [3.8, 4) is 5.75 Å². The number of imidazole rings is 1. The molecule has 0 spiro atoms. The number of nitrogens with zero attached hydrogens (tertiary/aromatic N) is 2. The summed E-state index contributed by atoms with van der Waals surface area (Å²) in [4.78, 5) is 4.49. The van der Waals surface area contributed by atoms with Gasteiger partial charge >= 0.3 is 0 Å². The number of aliphatic hydroxyl groups excluding tert-OH is 1. The molecule has 2 aromatic heterocycles. The van der Waals surface area contributed by atoms with Crippen LogP contribution in [0.2, 0.25) is 0 Å². The van der Waals surface area contributed by atoms with Crippen molar-refractivity contribution in [2.45, 2.75) is 20.0 Å². The number of fused-ring (bicyclic) bond motifs is 1. The predicted molar refractivity (Wildman–Crippen MR) is 81.7 cm³/mol. The van der Waals surface area contributed by atoms with Crippen LogP contribution in [0.3, 0.4) is 0 Å². The minimum atomic E-state index is -0.805. The van der Waals surface area contributed by atoms with E-state index < -0.39 is 6.10 Å². The van der Waals surface area contributed by atoms with Gasteiger partial charge < -0.3 is 14.2 Å². The van der Waals surface area contributed by atoms with Crippen molar-refractivity contribution in [1.29, 1.82) is 0 Å². The third-order valence-electron chi connectivity index (χ3n) is 3.65. The topological polar surface area (TPSA) is 46.8 Å². The first-order valence-corrected chi connectivity index (χ1v) is 6.87. The lowest BCUT2D eigenvalue weighted by Crippen LogP contribution is -2.05. The Morgan fingerprint density at radius 2 is 2.05 bits per heavy atom. The van der Waals surface area contributed by atoms with Gasteiger partial charge in [0.1, 0.15) is 17.5 Å². The lowest BCUT2D eigenvalue weighted by molar-refractivity contribution is 0.209. The monoisotopic (exact) mass is 282 g/mol. The van der Waals surface area contributed by atoms with Crippen LogP contribution in [0.5, 0.6) is 5.75 Å². The van der Waals surface area contributed by atoms with Gasteiger partial charge in [-0.3, -0.25) is 0 Å². The Labute approximate surface area is 123 Å². The summed E-state index contributed by atoms with van der Waals surface area (Å²) in [5.41, 5.74) is 4.31. The zero-order valence-electron chi connectivity index (χ0n) is 12.4. The SMILES string of the molecule is COc1cc(C)cc(C)c1C(O)c1cn2ccccc2n1. The van der Waals surface area contributed by atoms with E-state index in [0.29, 0.717) is 11.4 Å². The van der Waals surface area contributed by atoms with E-state index in [0.717, 1.165) is 22.3 Å². The molecule has 4 nitrogen and oxygen atoms in total. The molecule has 21 heavy (non-hydrogen) atoms. The van der Waals surface area contributed by atoms with Crippen LogP contribution in [0, 0.1) is 13.8 Å². The van der Waals surface area contributed by atoms with Crippen molar-refractivity contribution in [2.24, 2.45) is 0 Å². The summed E-state index contributed by atoms with van der Waals surface area (Å²) in [5, 5.41) is 10.7. The van der Waals surface area contributed by atoms with Gasteiger partial charge in [-0.2, -0.15) is 0 Å². The lowest BCUT2D eigenvalue weighted by Gasteiger charge is -2.16. The molecule has 3 aromatic rings. The van der Waals surface area contributed by atoms with Crippen LogP contribution < -0.4 is 4.74 Å². The molecule has 1 unspecified atom stereocenters. The molecular weight excluding hydrogens is 264 g/mol. The van der Waals surface area contributed by atoms with Crippen LogP contribution in [0.1, 0.15) is 28.5 Å². The highest BCUT2D eigenvalue weighted by atomic mass is 16.5. The van der Waals surface area contributed by atoms with Gasteiger partial charge in [0, 0.05) is 18.0 Å². The van der Waals surface area contributed by atoms with Crippen LogP contribution >= 0.6 is 0 Å². The highest BCUT2D eigenvalue weighted by molar-refractivity contribution is 5.48. The Bertz CT molecular complexity index is 760. The van der Waals surface area contributed by atoms with E-state index in [1.165, 1.54) is 0 Å². The predicted octanol–water partition coefficient (Wildman–Crippen LogP) is 3.04. The van der Waals surface area contributed by atoms with Crippen molar-refractivity contribution >= 4 is 5.65 Å². The average Bonchev–Trinajstić information content (AvgIpc) is 2.89. The third-order valence-corrected chi connectivity index (χ3v) is 3.65. The number of hydrogen-bond donors (Lipinski definition) is 1. The molecule has 0 aliphatic carbocycles. The second-order valence-electron chi connectivity index (χ2n) is 5.23. The van der Waals surface area contributed by atoms with Gasteiger partial charge in [0.2, 0.25) is 0 Å². The van der Waals surface area contributed by atoms with Crippen LogP contribution in [0.15, 0.2) is 42.7 Å². The minimum absolute atomic E-state index is 0.617. The van der Waals surface area contributed by atoms with Crippen molar-refractivity contribution in [2.75, 3.05) is 7.11 Å². The Balaban J connectivity index is 2.11. The van der Waals surface area contributed by atoms with E-state index in [2.05, 4.69) is 4.98 Å². The number of benzene rings is 1. The standard InChI is InChI=1S/C17H18N2O2/c1-11-8-12(2)16(14(9-11)21-3)17(20)13-10-19-7-5-4-6-15(19)18-13/h4-10,17,20H,1-3H3. The van der Waals surface area contributed by atoms with Crippen LogP contribution in [0.25, 0.3) is 5.65 Å². The van der Waals surface area contributed by atoms with E-state index in [-0.39, 0.29) is 0 Å². The van der Waals surface area contributed by atoms with Gasteiger partial charge in [0.15, 0.2) is 0 Å². The fraction of sp³-hybridized carbons (Fsp3) is 0.235. The molecule has 0 aliphatic rings. The maximum absolute atomic E-state index is 10.7. The van der Waals surface area contributed by atoms with Crippen molar-refractivity contribution < 1.29 is 9.84 Å².